The highest BCUT2D eigenvalue weighted by Gasteiger charge is 2.18. The second-order valence-corrected chi connectivity index (χ2v) is 5.70. The maximum atomic E-state index is 11.8. The fraction of sp³-hybridized carbons (Fsp3) is 0.364. The molecule has 6 heteroatoms. The van der Waals surface area contributed by atoms with Gasteiger partial charge in [-0.25, -0.2) is 13.2 Å². The number of carboxylic acids is 1. The first-order valence-corrected chi connectivity index (χ1v) is 6.91. The van der Waals surface area contributed by atoms with Crippen molar-refractivity contribution in [3.05, 3.63) is 23.8 Å². The zero-order valence-corrected chi connectivity index (χ0v) is 10.5. The summed E-state index contributed by atoms with van der Waals surface area (Å²) in [6.07, 6.45) is 0. The molecule has 0 atom stereocenters. The van der Waals surface area contributed by atoms with E-state index in [-0.39, 0.29) is 16.2 Å². The first kappa shape index (κ1) is 13.5. The summed E-state index contributed by atoms with van der Waals surface area (Å²) in [5.41, 5.74) is 0.415. The van der Waals surface area contributed by atoms with Crippen molar-refractivity contribution >= 4 is 21.5 Å². The minimum atomic E-state index is -3.43. The highest BCUT2D eigenvalue weighted by Crippen LogP contribution is 2.24. The molecule has 0 aromatic heterocycles. The van der Waals surface area contributed by atoms with E-state index < -0.39 is 15.8 Å². The van der Waals surface area contributed by atoms with Crippen LogP contribution in [0.2, 0.25) is 0 Å². The van der Waals surface area contributed by atoms with Gasteiger partial charge in [-0.2, -0.15) is 0 Å². The van der Waals surface area contributed by atoms with Gasteiger partial charge >= 0.3 is 5.97 Å². The van der Waals surface area contributed by atoms with Crippen LogP contribution in [0.1, 0.15) is 24.2 Å². The van der Waals surface area contributed by atoms with E-state index in [1.54, 1.807) is 0 Å². The van der Waals surface area contributed by atoms with Crippen molar-refractivity contribution in [3.8, 4) is 0 Å². The van der Waals surface area contributed by atoms with Crippen molar-refractivity contribution in [1.82, 2.24) is 0 Å². The zero-order chi connectivity index (χ0) is 13.1. The van der Waals surface area contributed by atoms with Gasteiger partial charge in [0.05, 0.1) is 21.9 Å². The van der Waals surface area contributed by atoms with Crippen LogP contribution in [-0.4, -0.2) is 31.8 Å². The summed E-state index contributed by atoms with van der Waals surface area (Å²) in [6, 6.07) is 4.06. The Morgan fingerprint density at radius 2 is 2.00 bits per heavy atom. The Labute approximate surface area is 100 Å². The van der Waals surface area contributed by atoms with E-state index in [9.17, 15) is 13.2 Å². The van der Waals surface area contributed by atoms with Gasteiger partial charge in [-0.1, -0.05) is 6.92 Å². The molecule has 0 bridgehead atoms. The molecular weight excluding hydrogens is 242 g/mol. The molecule has 0 spiro atoms. The van der Waals surface area contributed by atoms with Gasteiger partial charge in [0.15, 0.2) is 9.84 Å². The molecule has 1 rings (SSSR count). The van der Waals surface area contributed by atoms with Gasteiger partial charge in [0, 0.05) is 6.54 Å². The van der Waals surface area contributed by atoms with Crippen molar-refractivity contribution in [2.75, 3.05) is 17.6 Å². The number of anilines is 1. The number of hydrogen-bond acceptors (Lipinski definition) is 4. The van der Waals surface area contributed by atoms with Gasteiger partial charge in [0.25, 0.3) is 0 Å². The molecule has 0 radical (unpaired) electrons. The number of rotatable bonds is 5. The average Bonchev–Trinajstić information content (AvgIpc) is 2.29. The molecule has 0 saturated heterocycles. The van der Waals surface area contributed by atoms with Crippen LogP contribution >= 0.6 is 0 Å². The Morgan fingerprint density at radius 1 is 1.35 bits per heavy atom. The maximum Gasteiger partial charge on any atom is 0.335 e. The van der Waals surface area contributed by atoms with Crippen LogP contribution in [0.4, 0.5) is 5.69 Å². The van der Waals surface area contributed by atoms with Gasteiger partial charge in [-0.15, -0.1) is 0 Å². The zero-order valence-electron chi connectivity index (χ0n) is 9.73. The molecule has 17 heavy (non-hydrogen) atoms. The number of aromatic carboxylic acids is 1. The van der Waals surface area contributed by atoms with E-state index in [1.165, 1.54) is 25.1 Å². The Morgan fingerprint density at radius 3 is 2.47 bits per heavy atom. The van der Waals surface area contributed by atoms with Crippen LogP contribution in [-0.2, 0) is 9.84 Å². The van der Waals surface area contributed by atoms with Crippen molar-refractivity contribution in [2.45, 2.75) is 18.7 Å². The highest BCUT2D eigenvalue weighted by molar-refractivity contribution is 7.91. The Balaban J connectivity index is 3.40. The van der Waals surface area contributed by atoms with E-state index in [2.05, 4.69) is 5.32 Å². The smallest absolute Gasteiger partial charge is 0.335 e. The topological polar surface area (TPSA) is 83.5 Å². The van der Waals surface area contributed by atoms with Gasteiger partial charge in [-0.3, -0.25) is 0 Å². The van der Waals surface area contributed by atoms with Gasteiger partial charge < -0.3 is 10.4 Å². The van der Waals surface area contributed by atoms with Crippen molar-refractivity contribution in [3.63, 3.8) is 0 Å². The maximum absolute atomic E-state index is 11.8. The lowest BCUT2D eigenvalue weighted by Gasteiger charge is -2.11. The van der Waals surface area contributed by atoms with E-state index in [0.717, 1.165) is 0 Å². The molecule has 1 aromatic carbocycles. The third kappa shape index (κ3) is 2.97. The number of nitrogens with one attached hydrogen (secondary N) is 1. The lowest BCUT2D eigenvalue weighted by Crippen LogP contribution is -2.10. The molecule has 5 nitrogen and oxygen atoms in total. The molecule has 94 valence electrons. The third-order valence-electron chi connectivity index (χ3n) is 2.31. The molecule has 2 N–H and O–H groups in total. The largest absolute Gasteiger partial charge is 0.478 e. The fourth-order valence-electron chi connectivity index (χ4n) is 1.40. The first-order chi connectivity index (χ1) is 7.92. The summed E-state index contributed by atoms with van der Waals surface area (Å²) in [5.74, 6) is -1.20. The Hall–Kier alpha value is -1.56. The molecule has 0 aliphatic heterocycles. The number of carboxylic acid groups (broad SMARTS) is 1. The lowest BCUT2D eigenvalue weighted by atomic mass is 10.2. The standard InChI is InChI=1S/C11H15NO4S/c1-3-12-9-6-5-8(11(13)14)7-10(9)17(15,16)4-2/h5-7,12H,3-4H2,1-2H3,(H,13,14). The van der Waals surface area contributed by atoms with E-state index >= 15 is 0 Å². The van der Waals surface area contributed by atoms with Gasteiger partial charge in [0.1, 0.15) is 0 Å². The second-order valence-electron chi connectivity index (χ2n) is 3.45. The van der Waals surface area contributed by atoms with E-state index in [4.69, 9.17) is 5.11 Å². The molecule has 0 aliphatic carbocycles. The monoisotopic (exact) mass is 257 g/mol. The molecule has 1 aromatic rings. The van der Waals surface area contributed by atoms with Crippen LogP contribution < -0.4 is 5.32 Å². The number of hydrogen-bond donors (Lipinski definition) is 2. The van der Waals surface area contributed by atoms with Gasteiger partial charge in [0.2, 0.25) is 0 Å². The highest BCUT2D eigenvalue weighted by atomic mass is 32.2. The van der Waals surface area contributed by atoms with E-state index in [0.29, 0.717) is 12.2 Å². The van der Waals surface area contributed by atoms with Crippen molar-refractivity contribution in [1.29, 1.82) is 0 Å². The fourth-order valence-corrected chi connectivity index (χ4v) is 2.50. The summed E-state index contributed by atoms with van der Waals surface area (Å²) in [5, 5.41) is 11.8. The predicted octanol–water partition coefficient (Wildman–Crippen LogP) is 1.61. The summed E-state index contributed by atoms with van der Waals surface area (Å²) < 4.78 is 23.7. The normalized spacial score (nSPS) is 11.2. The summed E-state index contributed by atoms with van der Waals surface area (Å²) in [6.45, 7) is 3.94. The number of benzene rings is 1. The van der Waals surface area contributed by atoms with E-state index in [1.807, 2.05) is 6.92 Å². The molecule has 0 heterocycles. The molecule has 0 fully saturated rings. The molecule has 0 aliphatic rings. The summed E-state index contributed by atoms with van der Waals surface area (Å²) in [4.78, 5) is 10.9. The van der Waals surface area contributed by atoms with Crippen LogP contribution in [0.25, 0.3) is 0 Å². The minimum Gasteiger partial charge on any atom is -0.478 e. The first-order valence-electron chi connectivity index (χ1n) is 5.26. The van der Waals surface area contributed by atoms with Crippen molar-refractivity contribution < 1.29 is 18.3 Å². The number of sulfone groups is 1. The third-order valence-corrected chi connectivity index (χ3v) is 4.08. The molecule has 0 amide bonds. The molecule has 0 saturated carbocycles. The van der Waals surface area contributed by atoms with Crippen molar-refractivity contribution in [2.24, 2.45) is 0 Å². The van der Waals surface area contributed by atoms with Crippen LogP contribution in [0.15, 0.2) is 23.1 Å². The number of carbonyl (C=O) groups is 1. The summed E-state index contributed by atoms with van der Waals surface area (Å²) in [7, 11) is -3.43. The SMILES string of the molecule is CCNc1ccc(C(=O)O)cc1S(=O)(=O)CC. The Bertz CT molecular complexity index is 522. The average molecular weight is 257 g/mol. The minimum absolute atomic E-state index is 0.0290. The quantitative estimate of drug-likeness (QED) is 0.837. The lowest BCUT2D eigenvalue weighted by molar-refractivity contribution is 0.0696. The van der Waals surface area contributed by atoms with Crippen LogP contribution in [0.3, 0.4) is 0 Å². The molecule has 0 unspecified atom stereocenters. The predicted molar refractivity (Wildman–Crippen MR) is 65.3 cm³/mol. The van der Waals surface area contributed by atoms with Gasteiger partial charge in [-0.05, 0) is 25.1 Å². The molecular formula is C11H15NO4S. The summed E-state index contributed by atoms with van der Waals surface area (Å²) >= 11 is 0. The Kier molecular flexibility index (Phi) is 4.11. The van der Waals surface area contributed by atoms with Crippen LogP contribution in [0.5, 0.6) is 0 Å². The second kappa shape index (κ2) is 5.18. The van der Waals surface area contributed by atoms with Crippen LogP contribution in [0, 0.1) is 0 Å².